The standard InChI is InChI=1S/C22H21F3N8O4/c1-11(34)8-33-20(36)18-19(31(3)21(33)37)28-10-32(18)9-17(35)30-16-7-26-6-15(29-16)13-4-14(22(23,24)25)12(2)27-5-13/h4-7,10,21,37H,8-9H2,1-3H3,(H,29,30,35). The fourth-order valence-corrected chi connectivity index (χ4v) is 3.78. The van der Waals surface area contributed by atoms with Crippen LogP contribution in [0.1, 0.15) is 28.7 Å². The third-order valence-corrected chi connectivity index (χ3v) is 5.54. The van der Waals surface area contributed by atoms with E-state index in [0.29, 0.717) is 0 Å². The van der Waals surface area contributed by atoms with E-state index in [1.165, 1.54) is 55.3 Å². The molecule has 37 heavy (non-hydrogen) atoms. The average Bonchev–Trinajstić information content (AvgIpc) is 3.23. The number of ketones is 1. The summed E-state index contributed by atoms with van der Waals surface area (Å²) >= 11 is 0. The molecule has 12 nitrogen and oxygen atoms in total. The van der Waals surface area contributed by atoms with E-state index < -0.39 is 29.9 Å². The minimum atomic E-state index is -4.60. The molecule has 4 rings (SSSR count). The Kier molecular flexibility index (Phi) is 6.64. The van der Waals surface area contributed by atoms with E-state index in [1.54, 1.807) is 0 Å². The lowest BCUT2D eigenvalue weighted by Gasteiger charge is -2.38. The molecule has 1 unspecified atom stereocenters. The number of alkyl halides is 3. The number of aromatic nitrogens is 5. The Balaban J connectivity index is 1.54. The summed E-state index contributed by atoms with van der Waals surface area (Å²) in [6.07, 6.45) is -1.10. The molecule has 4 heterocycles. The number of fused-ring (bicyclic) bond motifs is 1. The van der Waals surface area contributed by atoms with Crippen LogP contribution in [0.3, 0.4) is 0 Å². The number of aliphatic hydroxyl groups excluding tert-OH is 1. The summed E-state index contributed by atoms with van der Waals surface area (Å²) in [5, 5.41) is 12.8. The number of pyridine rings is 1. The molecule has 1 aliphatic heterocycles. The number of hydrogen-bond donors (Lipinski definition) is 2. The first-order valence-corrected chi connectivity index (χ1v) is 10.8. The highest BCUT2D eigenvalue weighted by molar-refractivity contribution is 6.01. The Morgan fingerprint density at radius 3 is 2.57 bits per heavy atom. The van der Waals surface area contributed by atoms with Crippen molar-refractivity contribution in [2.45, 2.75) is 32.9 Å². The molecule has 1 aliphatic rings. The normalized spacial score (nSPS) is 15.5. The molecular formula is C22H21F3N8O4. The number of rotatable bonds is 6. The van der Waals surface area contributed by atoms with Crippen molar-refractivity contribution in [3.05, 3.63) is 47.9 Å². The molecule has 15 heteroatoms. The van der Waals surface area contributed by atoms with Gasteiger partial charge >= 0.3 is 6.18 Å². The van der Waals surface area contributed by atoms with Gasteiger partial charge in [0, 0.05) is 24.5 Å². The van der Waals surface area contributed by atoms with Gasteiger partial charge in [-0.15, -0.1) is 0 Å². The summed E-state index contributed by atoms with van der Waals surface area (Å²) in [5.74, 6) is -1.58. The van der Waals surface area contributed by atoms with Gasteiger partial charge in [-0.1, -0.05) is 0 Å². The van der Waals surface area contributed by atoms with Crippen LogP contribution in [0.4, 0.5) is 24.8 Å². The van der Waals surface area contributed by atoms with Crippen LogP contribution in [0, 0.1) is 6.92 Å². The van der Waals surface area contributed by atoms with Crippen LogP contribution in [-0.2, 0) is 22.3 Å². The number of anilines is 2. The van der Waals surface area contributed by atoms with Crippen molar-refractivity contribution in [1.29, 1.82) is 0 Å². The number of aryl methyl sites for hydroxylation is 1. The average molecular weight is 518 g/mol. The lowest BCUT2D eigenvalue weighted by atomic mass is 10.1. The summed E-state index contributed by atoms with van der Waals surface area (Å²) in [5.41, 5.74) is -0.990. The van der Waals surface area contributed by atoms with Gasteiger partial charge in [0.2, 0.25) is 12.3 Å². The van der Waals surface area contributed by atoms with Gasteiger partial charge in [0.15, 0.2) is 17.3 Å². The molecule has 0 aromatic carbocycles. The number of amides is 2. The molecule has 194 valence electrons. The summed E-state index contributed by atoms with van der Waals surface area (Å²) in [4.78, 5) is 55.4. The van der Waals surface area contributed by atoms with Crippen molar-refractivity contribution in [3.8, 4) is 11.3 Å². The van der Waals surface area contributed by atoms with Crippen LogP contribution in [-0.4, -0.2) is 72.1 Å². The number of hydrogen-bond acceptors (Lipinski definition) is 9. The summed E-state index contributed by atoms with van der Waals surface area (Å²) in [6, 6.07) is 0.902. The second-order valence-corrected chi connectivity index (χ2v) is 8.33. The Morgan fingerprint density at radius 2 is 1.89 bits per heavy atom. The number of carbonyl (C=O) groups excluding carboxylic acids is 3. The van der Waals surface area contributed by atoms with Gasteiger partial charge in [0.25, 0.3) is 5.91 Å². The second-order valence-electron chi connectivity index (χ2n) is 8.33. The largest absolute Gasteiger partial charge is 0.418 e. The maximum Gasteiger partial charge on any atom is 0.418 e. The van der Waals surface area contributed by atoms with Crippen molar-refractivity contribution in [3.63, 3.8) is 0 Å². The van der Waals surface area contributed by atoms with Crippen LogP contribution >= 0.6 is 0 Å². The zero-order valence-electron chi connectivity index (χ0n) is 19.8. The number of halogens is 3. The monoisotopic (exact) mass is 518 g/mol. The van der Waals surface area contributed by atoms with Gasteiger partial charge in [0.05, 0.1) is 36.5 Å². The molecule has 0 radical (unpaired) electrons. The smallest absolute Gasteiger partial charge is 0.356 e. The van der Waals surface area contributed by atoms with Gasteiger partial charge in [-0.2, -0.15) is 13.2 Å². The van der Waals surface area contributed by atoms with E-state index in [9.17, 15) is 32.7 Å². The summed E-state index contributed by atoms with van der Waals surface area (Å²) in [6.45, 7) is 1.79. The summed E-state index contributed by atoms with van der Waals surface area (Å²) in [7, 11) is 1.48. The molecule has 3 aromatic rings. The highest BCUT2D eigenvalue weighted by atomic mass is 19.4. The molecule has 0 bridgehead atoms. The molecule has 2 amide bonds. The van der Waals surface area contributed by atoms with E-state index in [1.807, 2.05) is 0 Å². The first-order valence-electron chi connectivity index (χ1n) is 10.8. The Labute approximate surface area is 207 Å². The maximum absolute atomic E-state index is 13.3. The number of imidazole rings is 1. The topological polar surface area (TPSA) is 146 Å². The Morgan fingerprint density at radius 1 is 1.16 bits per heavy atom. The third kappa shape index (κ3) is 5.11. The molecule has 2 N–H and O–H groups in total. The van der Waals surface area contributed by atoms with Crippen LogP contribution in [0.2, 0.25) is 0 Å². The molecule has 0 aliphatic carbocycles. The van der Waals surface area contributed by atoms with Crippen molar-refractivity contribution < 1.29 is 32.7 Å². The van der Waals surface area contributed by atoms with Gasteiger partial charge in [-0.05, 0) is 19.9 Å². The number of nitrogens with one attached hydrogen (secondary N) is 1. The lowest BCUT2D eigenvalue weighted by Crippen LogP contribution is -2.55. The second kappa shape index (κ2) is 9.57. The minimum Gasteiger partial charge on any atom is -0.356 e. The zero-order chi connectivity index (χ0) is 27.1. The molecule has 0 saturated heterocycles. The number of aliphatic hydroxyl groups is 1. The Bertz CT molecular complexity index is 1390. The molecule has 0 fully saturated rings. The third-order valence-electron chi connectivity index (χ3n) is 5.54. The number of Topliss-reactive ketones (excluding diaryl/α,β-unsaturated/α-hetero) is 1. The molecule has 0 saturated carbocycles. The van der Waals surface area contributed by atoms with E-state index in [0.717, 1.165) is 11.0 Å². The van der Waals surface area contributed by atoms with E-state index >= 15 is 0 Å². The van der Waals surface area contributed by atoms with Crippen LogP contribution in [0.25, 0.3) is 11.3 Å². The molecule has 3 aromatic heterocycles. The fraction of sp³-hybridized carbons (Fsp3) is 0.318. The van der Waals surface area contributed by atoms with Crippen LogP contribution < -0.4 is 10.2 Å². The van der Waals surface area contributed by atoms with Gasteiger partial charge in [-0.3, -0.25) is 29.3 Å². The molecule has 1 atom stereocenters. The fourth-order valence-electron chi connectivity index (χ4n) is 3.78. The minimum absolute atomic E-state index is 0.00514. The van der Waals surface area contributed by atoms with Crippen molar-refractivity contribution in [2.75, 3.05) is 23.8 Å². The van der Waals surface area contributed by atoms with E-state index in [2.05, 4.69) is 25.3 Å². The van der Waals surface area contributed by atoms with Gasteiger partial charge < -0.3 is 19.9 Å². The summed E-state index contributed by atoms with van der Waals surface area (Å²) < 4.78 is 41.0. The first-order chi connectivity index (χ1) is 17.4. The number of nitrogens with zero attached hydrogens (tertiary/aromatic N) is 7. The lowest BCUT2D eigenvalue weighted by molar-refractivity contribution is -0.138. The van der Waals surface area contributed by atoms with Crippen molar-refractivity contribution in [1.82, 2.24) is 29.4 Å². The highest BCUT2D eigenvalue weighted by Gasteiger charge is 2.39. The van der Waals surface area contributed by atoms with Crippen molar-refractivity contribution in [2.24, 2.45) is 0 Å². The van der Waals surface area contributed by atoms with E-state index in [-0.39, 0.29) is 53.2 Å². The maximum atomic E-state index is 13.3. The highest BCUT2D eigenvalue weighted by Crippen LogP contribution is 2.33. The first kappa shape index (κ1) is 25.7. The predicted molar refractivity (Wildman–Crippen MR) is 122 cm³/mol. The quantitative estimate of drug-likeness (QED) is 0.495. The van der Waals surface area contributed by atoms with Crippen LogP contribution in [0.5, 0.6) is 0 Å². The van der Waals surface area contributed by atoms with Gasteiger partial charge in [0.1, 0.15) is 12.3 Å². The molecule has 0 spiro atoms. The molecular weight excluding hydrogens is 497 g/mol. The zero-order valence-corrected chi connectivity index (χ0v) is 19.8. The van der Waals surface area contributed by atoms with Crippen molar-refractivity contribution >= 4 is 29.2 Å². The van der Waals surface area contributed by atoms with Crippen LogP contribution in [0.15, 0.2) is 31.0 Å². The predicted octanol–water partition coefficient (Wildman–Crippen LogP) is 1.46. The van der Waals surface area contributed by atoms with Gasteiger partial charge in [-0.25, -0.2) is 9.97 Å². The Hall–Kier alpha value is -4.40. The number of carbonyl (C=O) groups is 3. The van der Waals surface area contributed by atoms with E-state index in [4.69, 9.17) is 0 Å². The SMILES string of the molecule is CC(=O)CN1C(=O)c2c(ncn2CC(=O)Nc2cncc(-c3cnc(C)c(C(F)(F)F)c3)n2)N(C)C1O.